The van der Waals surface area contributed by atoms with Crippen molar-refractivity contribution in [2.75, 3.05) is 5.32 Å². The van der Waals surface area contributed by atoms with Gasteiger partial charge in [0, 0.05) is 19.5 Å². The molecule has 0 radical (unpaired) electrons. The fourth-order valence-electron chi connectivity index (χ4n) is 1.02. The molecule has 0 atom stereocenters. The molecule has 0 heterocycles. The van der Waals surface area contributed by atoms with Gasteiger partial charge < -0.3 is 10.2 Å². The predicted molar refractivity (Wildman–Crippen MR) is 60.1 cm³/mol. The molecule has 16 heavy (non-hydrogen) atoms. The van der Waals surface area contributed by atoms with Crippen LogP contribution in [0, 0.1) is 0 Å². The molecule has 0 unspecified atom stereocenters. The smallest absolute Gasteiger partial charge is 0.326 e. The van der Waals surface area contributed by atoms with Crippen molar-refractivity contribution in [3.8, 4) is 0 Å². The van der Waals surface area contributed by atoms with Crippen LogP contribution in [0.5, 0.6) is 0 Å². The average Bonchev–Trinajstić information content (AvgIpc) is 2.19. The number of nitrogens with one attached hydrogen (secondary N) is 1. The summed E-state index contributed by atoms with van der Waals surface area (Å²) in [5.74, 6) is -0.590. The van der Waals surface area contributed by atoms with Crippen LogP contribution >= 0.6 is 0 Å². The summed E-state index contributed by atoms with van der Waals surface area (Å²) in [6.45, 7) is 2.72. The van der Waals surface area contributed by atoms with Crippen LogP contribution in [-0.2, 0) is 14.4 Å². The van der Waals surface area contributed by atoms with Crippen LogP contribution in [0.3, 0.4) is 0 Å². The van der Waals surface area contributed by atoms with Crippen molar-refractivity contribution in [1.29, 1.82) is 0 Å². The molecule has 0 aromatic heterocycles. The largest absolute Gasteiger partial charge is 0.331 e. The number of amides is 1. The molecule has 5 nitrogen and oxygen atoms in total. The molecular formula is C11H12N2O3. The van der Waals surface area contributed by atoms with Crippen LogP contribution in [0.25, 0.3) is 0 Å². The summed E-state index contributed by atoms with van der Waals surface area (Å²) in [5, 5.41) is 6.11. The van der Waals surface area contributed by atoms with Crippen LogP contribution in [0.1, 0.15) is 19.4 Å². The first-order chi connectivity index (χ1) is 7.58. The summed E-state index contributed by atoms with van der Waals surface area (Å²) in [6, 6.07) is 6.96. The summed E-state index contributed by atoms with van der Waals surface area (Å²) in [7, 11) is 0. The molecule has 1 amide bonds. The van der Waals surface area contributed by atoms with Crippen molar-refractivity contribution in [1.82, 2.24) is 0 Å². The van der Waals surface area contributed by atoms with Crippen LogP contribution < -0.4 is 5.32 Å². The molecular weight excluding hydrogens is 208 g/mol. The average molecular weight is 220 g/mol. The number of rotatable bonds is 3. The molecule has 0 saturated carbocycles. The Hall–Kier alpha value is -2.17. The second-order valence-corrected chi connectivity index (χ2v) is 3.12. The van der Waals surface area contributed by atoms with Gasteiger partial charge in [0.05, 0.1) is 6.21 Å². The van der Waals surface area contributed by atoms with E-state index in [2.05, 4.69) is 15.3 Å². The highest BCUT2D eigenvalue weighted by Gasteiger charge is 1.95. The number of benzene rings is 1. The minimum atomic E-state index is -0.467. The number of hydrogen-bond acceptors (Lipinski definition) is 4. The van der Waals surface area contributed by atoms with E-state index in [1.807, 2.05) is 0 Å². The van der Waals surface area contributed by atoms with Gasteiger partial charge in [-0.15, -0.1) is 0 Å². The fraction of sp³-hybridized carbons (Fsp3) is 0.182. The molecule has 1 aromatic rings. The van der Waals surface area contributed by atoms with E-state index in [9.17, 15) is 9.59 Å². The lowest BCUT2D eigenvalue weighted by molar-refractivity contribution is -0.140. The molecule has 0 spiro atoms. The van der Waals surface area contributed by atoms with Crippen molar-refractivity contribution in [2.45, 2.75) is 13.8 Å². The zero-order valence-electron chi connectivity index (χ0n) is 9.06. The molecule has 0 aliphatic rings. The molecule has 84 valence electrons. The van der Waals surface area contributed by atoms with Gasteiger partial charge in [0.25, 0.3) is 0 Å². The van der Waals surface area contributed by atoms with E-state index in [1.165, 1.54) is 20.1 Å². The van der Waals surface area contributed by atoms with E-state index in [0.29, 0.717) is 5.69 Å². The molecule has 0 aliphatic carbocycles. The fourth-order valence-corrected chi connectivity index (χ4v) is 1.02. The SMILES string of the molecule is CC(=O)Nc1ccc(C=NOC(C)=O)cc1. The Kier molecular flexibility index (Phi) is 4.20. The van der Waals surface area contributed by atoms with Gasteiger partial charge in [0.1, 0.15) is 0 Å². The van der Waals surface area contributed by atoms with E-state index < -0.39 is 5.97 Å². The normalized spacial score (nSPS) is 10.1. The second kappa shape index (κ2) is 5.65. The Bertz CT molecular complexity index is 410. The third kappa shape index (κ3) is 4.36. The Labute approximate surface area is 93.1 Å². The zero-order valence-corrected chi connectivity index (χ0v) is 9.06. The quantitative estimate of drug-likeness (QED) is 0.477. The first-order valence-electron chi connectivity index (χ1n) is 4.66. The summed E-state index contributed by atoms with van der Waals surface area (Å²) < 4.78 is 0. The molecule has 0 fully saturated rings. The van der Waals surface area contributed by atoms with E-state index in [-0.39, 0.29) is 5.91 Å². The molecule has 5 heteroatoms. The number of oxime groups is 1. The molecule has 0 aliphatic heterocycles. The second-order valence-electron chi connectivity index (χ2n) is 3.12. The number of carbonyl (C=O) groups excluding carboxylic acids is 2. The van der Waals surface area contributed by atoms with Crippen LogP contribution in [-0.4, -0.2) is 18.1 Å². The summed E-state index contributed by atoms with van der Waals surface area (Å²) in [4.78, 5) is 25.6. The maximum absolute atomic E-state index is 10.8. The number of carbonyl (C=O) groups is 2. The van der Waals surface area contributed by atoms with Crippen LogP contribution in [0.15, 0.2) is 29.4 Å². The lowest BCUT2D eigenvalue weighted by atomic mass is 10.2. The van der Waals surface area contributed by atoms with E-state index in [4.69, 9.17) is 0 Å². The minimum absolute atomic E-state index is 0.124. The van der Waals surface area contributed by atoms with Gasteiger partial charge in [0.15, 0.2) is 0 Å². The molecule has 1 N–H and O–H groups in total. The van der Waals surface area contributed by atoms with Crippen molar-refractivity contribution in [2.24, 2.45) is 5.16 Å². The first-order valence-corrected chi connectivity index (χ1v) is 4.66. The van der Waals surface area contributed by atoms with E-state index in [1.54, 1.807) is 24.3 Å². The number of nitrogens with zero attached hydrogens (tertiary/aromatic N) is 1. The summed E-state index contributed by atoms with van der Waals surface area (Å²) in [5.41, 5.74) is 1.48. The van der Waals surface area contributed by atoms with Gasteiger partial charge in [-0.1, -0.05) is 17.3 Å². The van der Waals surface area contributed by atoms with E-state index in [0.717, 1.165) is 5.56 Å². The van der Waals surface area contributed by atoms with Crippen molar-refractivity contribution in [3.05, 3.63) is 29.8 Å². The van der Waals surface area contributed by atoms with Crippen molar-refractivity contribution >= 4 is 23.8 Å². The molecule has 0 bridgehead atoms. The maximum atomic E-state index is 10.8. The van der Waals surface area contributed by atoms with Crippen molar-refractivity contribution in [3.63, 3.8) is 0 Å². The van der Waals surface area contributed by atoms with Gasteiger partial charge in [-0.2, -0.15) is 0 Å². The van der Waals surface area contributed by atoms with Gasteiger partial charge in [-0.05, 0) is 17.7 Å². The lowest BCUT2D eigenvalue weighted by Gasteiger charge is -2.01. The van der Waals surface area contributed by atoms with Gasteiger partial charge >= 0.3 is 5.97 Å². The van der Waals surface area contributed by atoms with Gasteiger partial charge in [-0.25, -0.2) is 4.79 Å². The van der Waals surface area contributed by atoms with Gasteiger partial charge in [0.2, 0.25) is 5.91 Å². The number of anilines is 1. The lowest BCUT2D eigenvalue weighted by Crippen LogP contribution is -2.05. The zero-order chi connectivity index (χ0) is 12.0. The molecule has 0 saturated heterocycles. The Morgan fingerprint density at radius 2 is 1.88 bits per heavy atom. The summed E-state index contributed by atoms with van der Waals surface area (Å²) >= 11 is 0. The molecule has 1 aromatic carbocycles. The molecule has 1 rings (SSSR count). The Balaban J connectivity index is 2.60. The third-order valence-corrected chi connectivity index (χ3v) is 1.61. The standard InChI is InChI=1S/C11H12N2O3/c1-8(14)13-11-5-3-10(4-6-11)7-12-16-9(2)15/h3-7H,1-2H3,(H,13,14). The van der Waals surface area contributed by atoms with E-state index >= 15 is 0 Å². The Morgan fingerprint density at radius 1 is 1.25 bits per heavy atom. The van der Waals surface area contributed by atoms with Crippen LogP contribution in [0.4, 0.5) is 5.69 Å². The first kappa shape index (κ1) is 11.9. The van der Waals surface area contributed by atoms with Gasteiger partial charge in [-0.3, -0.25) is 4.79 Å². The Morgan fingerprint density at radius 3 is 2.38 bits per heavy atom. The highest BCUT2D eigenvalue weighted by Crippen LogP contribution is 2.07. The van der Waals surface area contributed by atoms with Crippen molar-refractivity contribution < 1.29 is 14.4 Å². The predicted octanol–water partition coefficient (Wildman–Crippen LogP) is 1.54. The highest BCUT2D eigenvalue weighted by molar-refractivity contribution is 5.89. The topological polar surface area (TPSA) is 67.8 Å². The van der Waals surface area contributed by atoms with Crippen LogP contribution in [0.2, 0.25) is 0 Å². The summed E-state index contributed by atoms with van der Waals surface area (Å²) in [6.07, 6.45) is 1.42. The monoisotopic (exact) mass is 220 g/mol. The number of hydrogen-bond donors (Lipinski definition) is 1. The third-order valence-electron chi connectivity index (χ3n) is 1.61. The highest BCUT2D eigenvalue weighted by atomic mass is 16.7. The minimum Gasteiger partial charge on any atom is -0.326 e. The maximum Gasteiger partial charge on any atom is 0.331 e.